The van der Waals surface area contributed by atoms with Crippen LogP contribution < -0.4 is 5.32 Å². The molecule has 2 aromatic rings. The van der Waals surface area contributed by atoms with Gasteiger partial charge in [-0.25, -0.2) is 4.79 Å². The van der Waals surface area contributed by atoms with Crippen LogP contribution in [0.4, 0.5) is 0 Å². The lowest BCUT2D eigenvalue weighted by Gasteiger charge is -2.15. The summed E-state index contributed by atoms with van der Waals surface area (Å²) in [4.78, 5) is 23.9. The number of carbonyl (C=O) groups excluding carboxylic acids is 2. The third-order valence-corrected chi connectivity index (χ3v) is 4.00. The molecule has 0 heterocycles. The molecule has 0 aliphatic carbocycles. The molecule has 0 aliphatic rings. The summed E-state index contributed by atoms with van der Waals surface area (Å²) in [7, 11) is 0. The molecule has 0 radical (unpaired) electrons. The van der Waals surface area contributed by atoms with E-state index in [1.165, 1.54) is 11.1 Å². The van der Waals surface area contributed by atoms with E-state index >= 15 is 0 Å². The number of benzene rings is 2. The molecule has 4 heteroatoms. The van der Waals surface area contributed by atoms with Gasteiger partial charge in [-0.3, -0.25) is 4.79 Å². The first kappa shape index (κ1) is 17.7. The lowest BCUT2D eigenvalue weighted by molar-refractivity contribution is -0.124. The molecular weight excluding hydrogens is 302 g/mol. The predicted octanol–water partition coefficient (Wildman–Crippen LogP) is 3.65. The minimum Gasteiger partial charge on any atom is -0.452 e. The Hall–Kier alpha value is -2.62. The summed E-state index contributed by atoms with van der Waals surface area (Å²) in [5, 5.41) is 2.84. The Bertz CT molecular complexity index is 752. The quantitative estimate of drug-likeness (QED) is 0.854. The SMILES string of the molecule is Cc1cccc(C(=O)OCC(=O)NC(C)c2ccc(C)c(C)c2)c1. The summed E-state index contributed by atoms with van der Waals surface area (Å²) in [5.41, 5.74) is 4.84. The van der Waals surface area contributed by atoms with Gasteiger partial charge in [0, 0.05) is 0 Å². The highest BCUT2D eigenvalue weighted by molar-refractivity contribution is 5.91. The minimum absolute atomic E-state index is 0.144. The van der Waals surface area contributed by atoms with Gasteiger partial charge in [0.2, 0.25) is 0 Å². The highest BCUT2D eigenvalue weighted by Gasteiger charge is 2.13. The number of ether oxygens (including phenoxy) is 1. The molecule has 0 spiro atoms. The summed E-state index contributed by atoms with van der Waals surface area (Å²) in [5.74, 6) is -0.811. The molecule has 24 heavy (non-hydrogen) atoms. The molecule has 0 fully saturated rings. The lowest BCUT2D eigenvalue weighted by Crippen LogP contribution is -2.31. The molecule has 0 saturated heterocycles. The number of esters is 1. The summed E-state index contributed by atoms with van der Waals surface area (Å²) in [6.07, 6.45) is 0. The van der Waals surface area contributed by atoms with Crippen LogP contribution in [0.3, 0.4) is 0 Å². The summed E-state index contributed by atoms with van der Waals surface area (Å²) < 4.78 is 5.07. The first-order chi connectivity index (χ1) is 11.4. The maximum absolute atomic E-state index is 12.0. The fourth-order valence-electron chi connectivity index (χ4n) is 2.39. The molecule has 1 unspecified atom stereocenters. The molecule has 1 amide bonds. The van der Waals surface area contributed by atoms with Crippen molar-refractivity contribution in [3.8, 4) is 0 Å². The standard InChI is InChI=1S/C20H23NO3/c1-13-6-5-7-18(10-13)20(23)24-12-19(22)21-16(4)17-9-8-14(2)15(3)11-17/h5-11,16H,12H2,1-4H3,(H,21,22). The molecule has 2 aromatic carbocycles. The van der Waals surface area contributed by atoms with Crippen molar-refractivity contribution in [3.05, 3.63) is 70.3 Å². The van der Waals surface area contributed by atoms with Crippen molar-refractivity contribution in [1.29, 1.82) is 0 Å². The first-order valence-electron chi connectivity index (χ1n) is 7.97. The largest absolute Gasteiger partial charge is 0.452 e. The topological polar surface area (TPSA) is 55.4 Å². The van der Waals surface area contributed by atoms with Crippen LogP contribution in [0.2, 0.25) is 0 Å². The Labute approximate surface area is 142 Å². The van der Waals surface area contributed by atoms with Crippen LogP contribution in [0.1, 0.15) is 45.6 Å². The van der Waals surface area contributed by atoms with Gasteiger partial charge in [0.15, 0.2) is 6.61 Å². The van der Waals surface area contributed by atoms with E-state index in [0.717, 1.165) is 11.1 Å². The van der Waals surface area contributed by atoms with E-state index in [0.29, 0.717) is 5.56 Å². The molecule has 1 N–H and O–H groups in total. The Morgan fingerprint density at radius 2 is 1.79 bits per heavy atom. The van der Waals surface area contributed by atoms with Gasteiger partial charge in [0.25, 0.3) is 5.91 Å². The second kappa shape index (κ2) is 7.77. The first-order valence-corrected chi connectivity index (χ1v) is 7.97. The Morgan fingerprint density at radius 3 is 2.46 bits per heavy atom. The van der Waals surface area contributed by atoms with Crippen molar-refractivity contribution in [3.63, 3.8) is 0 Å². The molecule has 126 valence electrons. The van der Waals surface area contributed by atoms with Crippen LogP contribution in [0, 0.1) is 20.8 Å². The molecule has 0 saturated carbocycles. The van der Waals surface area contributed by atoms with Crippen molar-refractivity contribution in [2.24, 2.45) is 0 Å². The monoisotopic (exact) mass is 325 g/mol. The number of hydrogen-bond acceptors (Lipinski definition) is 3. The number of rotatable bonds is 5. The third kappa shape index (κ3) is 4.69. The minimum atomic E-state index is -0.493. The van der Waals surface area contributed by atoms with Crippen LogP contribution in [-0.2, 0) is 9.53 Å². The van der Waals surface area contributed by atoms with Crippen LogP contribution in [0.5, 0.6) is 0 Å². The van der Waals surface area contributed by atoms with Crippen molar-refractivity contribution >= 4 is 11.9 Å². The normalized spacial score (nSPS) is 11.7. The van der Waals surface area contributed by atoms with Gasteiger partial charge in [-0.05, 0) is 56.5 Å². The van der Waals surface area contributed by atoms with Gasteiger partial charge in [-0.1, -0.05) is 35.9 Å². The summed E-state index contributed by atoms with van der Waals surface area (Å²) in [6, 6.07) is 13.0. The van der Waals surface area contributed by atoms with Crippen LogP contribution >= 0.6 is 0 Å². The fraction of sp³-hybridized carbons (Fsp3) is 0.300. The van der Waals surface area contributed by atoms with Gasteiger partial charge < -0.3 is 10.1 Å². The second-order valence-electron chi connectivity index (χ2n) is 6.08. The number of carbonyl (C=O) groups is 2. The number of nitrogens with one attached hydrogen (secondary N) is 1. The Morgan fingerprint density at radius 1 is 1.04 bits per heavy atom. The average Bonchev–Trinajstić information content (AvgIpc) is 2.55. The average molecular weight is 325 g/mol. The summed E-state index contributed by atoms with van der Waals surface area (Å²) >= 11 is 0. The summed E-state index contributed by atoms with van der Waals surface area (Å²) in [6.45, 7) is 7.60. The van der Waals surface area contributed by atoms with Gasteiger partial charge in [0.05, 0.1) is 11.6 Å². The van der Waals surface area contributed by atoms with Crippen LogP contribution in [0.25, 0.3) is 0 Å². The maximum atomic E-state index is 12.0. The van der Waals surface area contributed by atoms with E-state index in [4.69, 9.17) is 4.74 Å². The molecule has 1 atom stereocenters. The van der Waals surface area contributed by atoms with Crippen molar-refractivity contribution < 1.29 is 14.3 Å². The number of amides is 1. The number of hydrogen-bond donors (Lipinski definition) is 1. The van der Waals surface area contributed by atoms with Crippen LogP contribution in [-0.4, -0.2) is 18.5 Å². The Balaban J connectivity index is 1.88. The molecule has 0 aliphatic heterocycles. The molecular formula is C20H23NO3. The maximum Gasteiger partial charge on any atom is 0.338 e. The molecule has 0 aromatic heterocycles. The zero-order valence-corrected chi connectivity index (χ0v) is 14.6. The zero-order chi connectivity index (χ0) is 17.7. The second-order valence-corrected chi connectivity index (χ2v) is 6.08. The fourth-order valence-corrected chi connectivity index (χ4v) is 2.39. The van der Waals surface area contributed by atoms with E-state index in [9.17, 15) is 9.59 Å². The number of aryl methyl sites for hydroxylation is 3. The van der Waals surface area contributed by atoms with Gasteiger partial charge in [0.1, 0.15) is 0 Å². The van der Waals surface area contributed by atoms with Crippen molar-refractivity contribution in [1.82, 2.24) is 5.32 Å². The van der Waals surface area contributed by atoms with E-state index in [1.54, 1.807) is 18.2 Å². The molecule has 2 rings (SSSR count). The molecule has 0 bridgehead atoms. The van der Waals surface area contributed by atoms with E-state index < -0.39 is 5.97 Å². The van der Waals surface area contributed by atoms with Crippen LogP contribution in [0.15, 0.2) is 42.5 Å². The van der Waals surface area contributed by atoms with E-state index in [2.05, 4.69) is 11.4 Å². The van der Waals surface area contributed by atoms with E-state index in [-0.39, 0.29) is 18.6 Å². The Kier molecular flexibility index (Phi) is 5.74. The van der Waals surface area contributed by atoms with Gasteiger partial charge in [-0.15, -0.1) is 0 Å². The zero-order valence-electron chi connectivity index (χ0n) is 14.6. The smallest absolute Gasteiger partial charge is 0.338 e. The van der Waals surface area contributed by atoms with E-state index in [1.807, 2.05) is 45.9 Å². The van der Waals surface area contributed by atoms with Gasteiger partial charge >= 0.3 is 5.97 Å². The predicted molar refractivity (Wildman–Crippen MR) is 93.9 cm³/mol. The lowest BCUT2D eigenvalue weighted by atomic mass is 10.0. The van der Waals surface area contributed by atoms with Gasteiger partial charge in [-0.2, -0.15) is 0 Å². The third-order valence-electron chi connectivity index (χ3n) is 4.00. The van der Waals surface area contributed by atoms with Crippen molar-refractivity contribution in [2.45, 2.75) is 33.7 Å². The highest BCUT2D eigenvalue weighted by atomic mass is 16.5. The van der Waals surface area contributed by atoms with Crippen molar-refractivity contribution in [2.75, 3.05) is 6.61 Å². The molecule has 4 nitrogen and oxygen atoms in total. The highest BCUT2D eigenvalue weighted by Crippen LogP contribution is 2.16.